The van der Waals surface area contributed by atoms with Gasteiger partial charge in [-0.2, -0.15) is 0 Å². The van der Waals surface area contributed by atoms with Crippen molar-refractivity contribution in [1.82, 2.24) is 10.2 Å². The first-order chi connectivity index (χ1) is 9.20. The van der Waals surface area contributed by atoms with Crippen LogP contribution < -0.4 is 5.32 Å². The lowest BCUT2D eigenvalue weighted by Crippen LogP contribution is -2.51. The lowest BCUT2D eigenvalue weighted by molar-refractivity contribution is 0.109. The first-order valence-electron chi connectivity index (χ1n) is 7.73. The van der Waals surface area contributed by atoms with E-state index in [1.54, 1.807) is 0 Å². The number of hydrogen-bond donors (Lipinski definition) is 1. The van der Waals surface area contributed by atoms with E-state index in [1.165, 1.54) is 55.6 Å². The van der Waals surface area contributed by atoms with Crippen LogP contribution >= 0.6 is 0 Å². The number of rotatable bonds is 2. The van der Waals surface area contributed by atoms with Gasteiger partial charge in [-0.15, -0.1) is 0 Å². The van der Waals surface area contributed by atoms with Crippen LogP contribution in [0.25, 0.3) is 0 Å². The smallest absolute Gasteiger partial charge is 0.0234 e. The third kappa shape index (κ3) is 3.18. The minimum Gasteiger partial charge on any atom is -0.314 e. The number of nitrogens with zero attached hydrogens (tertiary/aromatic N) is 1. The minimum absolute atomic E-state index is 0.796. The molecule has 2 fully saturated rings. The zero-order valence-corrected chi connectivity index (χ0v) is 12.3. The molecule has 104 valence electrons. The number of piperidine rings is 2. The summed E-state index contributed by atoms with van der Waals surface area (Å²) in [5.74, 6) is 0.883. The average molecular weight is 258 g/mol. The van der Waals surface area contributed by atoms with Gasteiger partial charge in [-0.3, -0.25) is 4.90 Å². The molecule has 2 unspecified atom stereocenters. The Kier molecular flexibility index (Phi) is 3.90. The van der Waals surface area contributed by atoms with Crippen LogP contribution in [-0.4, -0.2) is 30.6 Å². The fraction of sp³-hybridized carbons (Fsp3) is 0.647. The van der Waals surface area contributed by atoms with Gasteiger partial charge in [0.05, 0.1) is 0 Å². The van der Waals surface area contributed by atoms with Crippen molar-refractivity contribution < 1.29 is 0 Å². The predicted octanol–water partition coefficient (Wildman–Crippen LogP) is 2.88. The minimum atomic E-state index is 0.796. The van der Waals surface area contributed by atoms with E-state index in [2.05, 4.69) is 42.3 Å². The van der Waals surface area contributed by atoms with Gasteiger partial charge in [-0.1, -0.05) is 29.3 Å². The maximum absolute atomic E-state index is 3.70. The van der Waals surface area contributed by atoms with Crippen molar-refractivity contribution >= 4 is 0 Å². The maximum Gasteiger partial charge on any atom is 0.0234 e. The van der Waals surface area contributed by atoms with Crippen molar-refractivity contribution in [3.8, 4) is 0 Å². The monoisotopic (exact) mass is 258 g/mol. The topological polar surface area (TPSA) is 15.3 Å². The van der Waals surface area contributed by atoms with E-state index in [1.807, 2.05) is 0 Å². The molecule has 19 heavy (non-hydrogen) atoms. The van der Waals surface area contributed by atoms with E-state index in [9.17, 15) is 0 Å². The summed E-state index contributed by atoms with van der Waals surface area (Å²) in [4.78, 5) is 2.66. The van der Waals surface area contributed by atoms with Crippen molar-refractivity contribution in [2.45, 2.75) is 45.7 Å². The maximum atomic E-state index is 3.70. The number of likely N-dealkylation sites (tertiary alicyclic amines) is 1. The Labute approximate surface area is 117 Å². The number of aryl methyl sites for hydroxylation is 2. The Morgan fingerprint density at radius 3 is 2.74 bits per heavy atom. The molecule has 2 heteroatoms. The summed E-state index contributed by atoms with van der Waals surface area (Å²) in [5, 5.41) is 3.70. The second-order valence-corrected chi connectivity index (χ2v) is 6.48. The van der Waals surface area contributed by atoms with Crippen molar-refractivity contribution in [3.63, 3.8) is 0 Å². The summed E-state index contributed by atoms with van der Waals surface area (Å²) >= 11 is 0. The molecular weight excluding hydrogens is 232 g/mol. The molecule has 0 spiro atoms. The molecular formula is C17H26N2. The Morgan fingerprint density at radius 1 is 1.16 bits per heavy atom. The quantitative estimate of drug-likeness (QED) is 0.877. The van der Waals surface area contributed by atoms with E-state index < -0.39 is 0 Å². The highest BCUT2D eigenvalue weighted by Gasteiger charge is 2.30. The molecule has 2 aliphatic rings. The highest BCUT2D eigenvalue weighted by Crippen LogP contribution is 2.26. The van der Waals surface area contributed by atoms with E-state index >= 15 is 0 Å². The van der Waals surface area contributed by atoms with Gasteiger partial charge < -0.3 is 5.32 Å². The molecule has 0 saturated carbocycles. The van der Waals surface area contributed by atoms with E-state index in [0.717, 1.165) is 18.5 Å². The van der Waals surface area contributed by atoms with Crippen LogP contribution in [0.5, 0.6) is 0 Å². The van der Waals surface area contributed by atoms with Crippen LogP contribution in [0.3, 0.4) is 0 Å². The van der Waals surface area contributed by atoms with Crippen LogP contribution in [0, 0.1) is 19.8 Å². The average Bonchev–Trinajstić information content (AvgIpc) is 2.37. The summed E-state index contributed by atoms with van der Waals surface area (Å²) in [6.07, 6.45) is 4.11. The van der Waals surface area contributed by atoms with Crippen LogP contribution in [-0.2, 0) is 6.54 Å². The molecule has 1 aromatic carbocycles. The van der Waals surface area contributed by atoms with Gasteiger partial charge in [-0.25, -0.2) is 0 Å². The highest BCUT2D eigenvalue weighted by molar-refractivity contribution is 5.28. The molecule has 0 radical (unpaired) electrons. The van der Waals surface area contributed by atoms with Crippen LogP contribution in [0.15, 0.2) is 18.2 Å². The van der Waals surface area contributed by atoms with Crippen LogP contribution in [0.4, 0.5) is 0 Å². The van der Waals surface area contributed by atoms with Gasteiger partial charge in [0.2, 0.25) is 0 Å². The molecule has 2 aliphatic heterocycles. The second-order valence-electron chi connectivity index (χ2n) is 6.48. The molecule has 0 aliphatic carbocycles. The molecule has 1 aromatic rings. The predicted molar refractivity (Wildman–Crippen MR) is 80.3 cm³/mol. The van der Waals surface area contributed by atoms with Crippen molar-refractivity contribution in [2.75, 3.05) is 19.6 Å². The van der Waals surface area contributed by atoms with Gasteiger partial charge in [0.25, 0.3) is 0 Å². The third-order valence-corrected chi connectivity index (χ3v) is 4.66. The summed E-state index contributed by atoms with van der Waals surface area (Å²) in [6, 6.07) is 7.75. The van der Waals surface area contributed by atoms with Crippen molar-refractivity contribution in [3.05, 3.63) is 34.9 Å². The number of nitrogens with one attached hydrogen (secondary N) is 1. The van der Waals surface area contributed by atoms with Gasteiger partial charge in [0, 0.05) is 19.1 Å². The molecule has 3 rings (SSSR count). The standard InChI is InChI=1S/C17H26N2/c1-13-8-14(2)10-15(9-13)11-19-7-5-17-16(12-19)4-3-6-18-17/h8-10,16-18H,3-7,11-12H2,1-2H3. The fourth-order valence-electron chi connectivity index (χ4n) is 3.88. The van der Waals surface area contributed by atoms with Crippen molar-refractivity contribution in [2.24, 2.45) is 5.92 Å². The van der Waals surface area contributed by atoms with E-state index in [-0.39, 0.29) is 0 Å². The SMILES string of the molecule is Cc1cc(C)cc(CN2CCC3NCCCC3C2)c1. The van der Waals surface area contributed by atoms with Crippen LogP contribution in [0.1, 0.15) is 36.0 Å². The van der Waals surface area contributed by atoms with Crippen molar-refractivity contribution in [1.29, 1.82) is 0 Å². The molecule has 2 heterocycles. The summed E-state index contributed by atoms with van der Waals surface area (Å²) in [5.41, 5.74) is 4.27. The number of hydrogen-bond acceptors (Lipinski definition) is 2. The largest absolute Gasteiger partial charge is 0.314 e. The number of fused-ring (bicyclic) bond motifs is 1. The molecule has 2 nitrogen and oxygen atoms in total. The lowest BCUT2D eigenvalue weighted by Gasteiger charge is -2.41. The van der Waals surface area contributed by atoms with Gasteiger partial charge >= 0.3 is 0 Å². The van der Waals surface area contributed by atoms with Gasteiger partial charge in [-0.05, 0) is 57.7 Å². The first kappa shape index (κ1) is 13.1. The van der Waals surface area contributed by atoms with Gasteiger partial charge in [0.15, 0.2) is 0 Å². The Hall–Kier alpha value is -0.860. The molecule has 0 bridgehead atoms. The Balaban J connectivity index is 1.64. The molecule has 0 amide bonds. The Bertz CT molecular complexity index is 421. The summed E-state index contributed by atoms with van der Waals surface area (Å²) < 4.78 is 0. The molecule has 2 atom stereocenters. The van der Waals surface area contributed by atoms with E-state index in [4.69, 9.17) is 0 Å². The number of benzene rings is 1. The lowest BCUT2D eigenvalue weighted by atomic mass is 9.85. The molecule has 0 aromatic heterocycles. The molecule has 2 saturated heterocycles. The third-order valence-electron chi connectivity index (χ3n) is 4.66. The van der Waals surface area contributed by atoms with E-state index in [0.29, 0.717) is 0 Å². The second kappa shape index (κ2) is 5.64. The Morgan fingerprint density at radius 2 is 1.95 bits per heavy atom. The zero-order valence-electron chi connectivity index (χ0n) is 12.3. The first-order valence-corrected chi connectivity index (χ1v) is 7.73. The van der Waals surface area contributed by atoms with Gasteiger partial charge in [0.1, 0.15) is 0 Å². The highest BCUT2D eigenvalue weighted by atomic mass is 15.2. The fourth-order valence-corrected chi connectivity index (χ4v) is 3.88. The normalized spacial score (nSPS) is 28.1. The summed E-state index contributed by atoms with van der Waals surface area (Å²) in [7, 11) is 0. The summed E-state index contributed by atoms with van der Waals surface area (Å²) in [6.45, 7) is 9.30. The zero-order chi connectivity index (χ0) is 13.2. The van der Waals surface area contributed by atoms with Crippen LogP contribution in [0.2, 0.25) is 0 Å². The molecule has 1 N–H and O–H groups in total.